The monoisotopic (exact) mass is 388 g/mol. The van der Waals surface area contributed by atoms with E-state index < -0.39 is 0 Å². The van der Waals surface area contributed by atoms with Crippen LogP contribution in [0.15, 0.2) is 72.8 Å². The molecule has 150 valence electrons. The lowest BCUT2D eigenvalue weighted by Gasteiger charge is -2.37. The third-order valence-corrected chi connectivity index (χ3v) is 5.87. The summed E-state index contributed by atoms with van der Waals surface area (Å²) in [5.74, 6) is 0.296. The van der Waals surface area contributed by atoms with Crippen molar-refractivity contribution in [1.29, 1.82) is 0 Å². The Kier molecular flexibility index (Phi) is 6.08. The molecular weight excluding hydrogens is 359 g/mol. The van der Waals surface area contributed by atoms with E-state index in [2.05, 4.69) is 72.6 Å². The summed E-state index contributed by atoms with van der Waals surface area (Å²) in [6.45, 7) is 8.22. The van der Waals surface area contributed by atoms with Gasteiger partial charge in [-0.2, -0.15) is 0 Å². The van der Waals surface area contributed by atoms with Gasteiger partial charge in [-0.1, -0.05) is 74.5 Å². The van der Waals surface area contributed by atoms with Crippen LogP contribution in [-0.4, -0.2) is 24.5 Å². The summed E-state index contributed by atoms with van der Waals surface area (Å²) >= 11 is 0. The Balaban J connectivity index is 1.67. The SMILES string of the molecule is CC(C)c1ccccc1-c1ccccc1CN1CCNCC1c1ccc(F)cc1. The first kappa shape index (κ1) is 19.8. The quantitative estimate of drug-likeness (QED) is 0.597. The van der Waals surface area contributed by atoms with Crippen molar-refractivity contribution < 1.29 is 4.39 Å². The minimum atomic E-state index is -0.181. The smallest absolute Gasteiger partial charge is 0.123 e. The largest absolute Gasteiger partial charge is 0.314 e. The first-order valence-electron chi connectivity index (χ1n) is 10.5. The van der Waals surface area contributed by atoms with Gasteiger partial charge in [-0.15, -0.1) is 0 Å². The van der Waals surface area contributed by atoms with E-state index in [0.717, 1.165) is 26.2 Å². The van der Waals surface area contributed by atoms with E-state index in [-0.39, 0.29) is 11.9 Å². The summed E-state index contributed by atoms with van der Waals surface area (Å²) in [5.41, 5.74) is 6.53. The molecule has 29 heavy (non-hydrogen) atoms. The van der Waals surface area contributed by atoms with Crippen LogP contribution >= 0.6 is 0 Å². The normalized spacial score (nSPS) is 17.6. The van der Waals surface area contributed by atoms with Crippen molar-refractivity contribution in [3.05, 3.63) is 95.3 Å². The molecule has 0 spiro atoms. The first-order valence-corrected chi connectivity index (χ1v) is 10.5. The molecule has 0 saturated carbocycles. The standard InChI is InChI=1S/C26H29FN2/c1-19(2)23-8-5-6-10-25(23)24-9-4-3-7-21(24)18-29-16-15-28-17-26(29)20-11-13-22(27)14-12-20/h3-14,19,26,28H,15-18H2,1-2H3. The Morgan fingerprint density at radius 1 is 0.931 bits per heavy atom. The zero-order valence-corrected chi connectivity index (χ0v) is 17.2. The second kappa shape index (κ2) is 8.89. The van der Waals surface area contributed by atoms with Crippen molar-refractivity contribution in [2.24, 2.45) is 0 Å². The predicted octanol–water partition coefficient (Wildman–Crippen LogP) is 5.76. The molecule has 3 aromatic carbocycles. The predicted molar refractivity (Wildman–Crippen MR) is 118 cm³/mol. The maximum atomic E-state index is 13.4. The van der Waals surface area contributed by atoms with Crippen LogP contribution in [-0.2, 0) is 6.54 Å². The maximum Gasteiger partial charge on any atom is 0.123 e. The molecule has 0 radical (unpaired) electrons. The van der Waals surface area contributed by atoms with Crippen molar-refractivity contribution in [3.8, 4) is 11.1 Å². The summed E-state index contributed by atoms with van der Waals surface area (Å²) in [4.78, 5) is 2.51. The number of hydrogen-bond acceptors (Lipinski definition) is 2. The lowest BCUT2D eigenvalue weighted by atomic mass is 9.90. The van der Waals surface area contributed by atoms with Crippen LogP contribution in [0, 0.1) is 5.82 Å². The molecule has 3 heteroatoms. The second-order valence-electron chi connectivity index (χ2n) is 8.14. The molecule has 1 saturated heterocycles. The molecule has 0 aliphatic carbocycles. The summed E-state index contributed by atoms with van der Waals surface area (Å²) in [5, 5.41) is 3.50. The van der Waals surface area contributed by atoms with Gasteiger partial charge in [0.2, 0.25) is 0 Å². The van der Waals surface area contributed by atoms with E-state index in [1.54, 1.807) is 12.1 Å². The number of nitrogens with one attached hydrogen (secondary N) is 1. The number of hydrogen-bond donors (Lipinski definition) is 1. The van der Waals surface area contributed by atoms with E-state index in [1.165, 1.54) is 27.8 Å². The van der Waals surface area contributed by atoms with Crippen molar-refractivity contribution in [3.63, 3.8) is 0 Å². The average molecular weight is 389 g/mol. The van der Waals surface area contributed by atoms with Gasteiger partial charge in [-0.3, -0.25) is 4.90 Å². The zero-order valence-electron chi connectivity index (χ0n) is 17.2. The van der Waals surface area contributed by atoms with E-state index in [1.807, 2.05) is 12.1 Å². The highest BCUT2D eigenvalue weighted by atomic mass is 19.1. The van der Waals surface area contributed by atoms with Crippen LogP contribution in [0.25, 0.3) is 11.1 Å². The summed E-state index contributed by atoms with van der Waals surface area (Å²) in [7, 11) is 0. The molecule has 0 amide bonds. The van der Waals surface area contributed by atoms with E-state index >= 15 is 0 Å². The van der Waals surface area contributed by atoms with Crippen LogP contribution < -0.4 is 5.32 Å². The van der Waals surface area contributed by atoms with E-state index in [4.69, 9.17) is 0 Å². The molecule has 1 heterocycles. The Morgan fingerprint density at radius 3 is 2.38 bits per heavy atom. The Hall–Kier alpha value is -2.49. The van der Waals surface area contributed by atoms with Gasteiger partial charge in [0.05, 0.1) is 0 Å². The second-order valence-corrected chi connectivity index (χ2v) is 8.14. The van der Waals surface area contributed by atoms with Crippen molar-refractivity contribution in [2.75, 3.05) is 19.6 Å². The molecule has 0 aromatic heterocycles. The van der Waals surface area contributed by atoms with Gasteiger partial charge < -0.3 is 5.32 Å². The molecule has 0 bridgehead atoms. The average Bonchev–Trinajstić information content (AvgIpc) is 2.75. The number of nitrogens with zero attached hydrogens (tertiary/aromatic N) is 1. The number of benzene rings is 3. The summed E-state index contributed by atoms with van der Waals surface area (Å²) in [6, 6.07) is 24.7. The van der Waals surface area contributed by atoms with Gasteiger partial charge in [-0.25, -0.2) is 4.39 Å². The van der Waals surface area contributed by atoms with Gasteiger partial charge in [-0.05, 0) is 45.9 Å². The third-order valence-electron chi connectivity index (χ3n) is 5.87. The van der Waals surface area contributed by atoms with Crippen molar-refractivity contribution >= 4 is 0 Å². The minimum Gasteiger partial charge on any atom is -0.314 e. The lowest BCUT2D eigenvalue weighted by molar-refractivity contribution is 0.154. The first-order chi connectivity index (χ1) is 14.1. The molecule has 1 unspecified atom stereocenters. The highest BCUT2D eigenvalue weighted by molar-refractivity contribution is 5.71. The van der Waals surface area contributed by atoms with Crippen LogP contribution in [0.4, 0.5) is 4.39 Å². The molecule has 1 fully saturated rings. The van der Waals surface area contributed by atoms with Gasteiger partial charge in [0, 0.05) is 32.2 Å². The van der Waals surface area contributed by atoms with Crippen LogP contribution in [0.5, 0.6) is 0 Å². The Morgan fingerprint density at radius 2 is 1.62 bits per heavy atom. The highest BCUT2D eigenvalue weighted by Gasteiger charge is 2.25. The van der Waals surface area contributed by atoms with Crippen molar-refractivity contribution in [1.82, 2.24) is 10.2 Å². The fourth-order valence-corrected chi connectivity index (χ4v) is 4.33. The Bertz CT molecular complexity index is 949. The third kappa shape index (κ3) is 4.42. The molecular formula is C26H29FN2. The van der Waals surface area contributed by atoms with E-state index in [0.29, 0.717) is 5.92 Å². The molecule has 4 rings (SSSR count). The lowest BCUT2D eigenvalue weighted by Crippen LogP contribution is -2.45. The van der Waals surface area contributed by atoms with Crippen LogP contribution in [0.1, 0.15) is 42.5 Å². The van der Waals surface area contributed by atoms with Gasteiger partial charge in [0.15, 0.2) is 0 Å². The van der Waals surface area contributed by atoms with Crippen molar-refractivity contribution in [2.45, 2.75) is 32.4 Å². The molecule has 1 aliphatic rings. The molecule has 1 aliphatic heterocycles. The zero-order chi connectivity index (χ0) is 20.2. The van der Waals surface area contributed by atoms with Gasteiger partial charge in [0.25, 0.3) is 0 Å². The highest BCUT2D eigenvalue weighted by Crippen LogP contribution is 2.33. The van der Waals surface area contributed by atoms with Crippen LogP contribution in [0.3, 0.4) is 0 Å². The molecule has 3 aromatic rings. The number of piperazine rings is 1. The molecule has 1 atom stereocenters. The fourth-order valence-electron chi connectivity index (χ4n) is 4.33. The fraction of sp³-hybridized carbons (Fsp3) is 0.308. The number of halogens is 1. The number of rotatable bonds is 5. The van der Waals surface area contributed by atoms with Crippen LogP contribution in [0.2, 0.25) is 0 Å². The summed E-state index contributed by atoms with van der Waals surface area (Å²) < 4.78 is 13.4. The topological polar surface area (TPSA) is 15.3 Å². The minimum absolute atomic E-state index is 0.181. The molecule has 1 N–H and O–H groups in total. The molecule has 2 nitrogen and oxygen atoms in total. The van der Waals surface area contributed by atoms with Gasteiger partial charge >= 0.3 is 0 Å². The maximum absolute atomic E-state index is 13.4. The van der Waals surface area contributed by atoms with E-state index in [9.17, 15) is 4.39 Å². The Labute approximate surface area is 173 Å². The van der Waals surface area contributed by atoms with Gasteiger partial charge in [0.1, 0.15) is 5.82 Å². The summed E-state index contributed by atoms with van der Waals surface area (Å²) in [6.07, 6.45) is 0.